The fourth-order valence-electron chi connectivity index (χ4n) is 2.38. The van der Waals surface area contributed by atoms with Gasteiger partial charge in [0.15, 0.2) is 0 Å². The maximum Gasteiger partial charge on any atom is 0.409 e. The molecule has 0 bridgehead atoms. The van der Waals surface area contributed by atoms with Gasteiger partial charge in [0.05, 0.1) is 11.1 Å². The minimum Gasteiger partial charge on any atom is -0.484 e. The summed E-state index contributed by atoms with van der Waals surface area (Å²) in [6.07, 6.45) is 0.321. The van der Waals surface area contributed by atoms with Crippen molar-refractivity contribution in [3.8, 4) is 5.75 Å². The minimum atomic E-state index is -1.20. The van der Waals surface area contributed by atoms with Crippen molar-refractivity contribution in [3.63, 3.8) is 0 Å². The second-order valence-electron chi connectivity index (χ2n) is 7.69. The quantitative estimate of drug-likeness (QED) is 0.397. The lowest BCUT2D eigenvalue weighted by Crippen LogP contribution is -2.31. The fraction of sp³-hybridized carbons (Fsp3) is 0.450. The third-order valence-corrected chi connectivity index (χ3v) is 7.41. The lowest BCUT2D eigenvalue weighted by atomic mass is 10.2. The monoisotopic (exact) mass is 469 g/mol. The van der Waals surface area contributed by atoms with Crippen LogP contribution in [-0.4, -0.2) is 39.3 Å². The van der Waals surface area contributed by atoms with Gasteiger partial charge >= 0.3 is 6.09 Å². The van der Waals surface area contributed by atoms with Crippen LogP contribution >= 0.6 is 27.3 Å². The summed E-state index contributed by atoms with van der Waals surface area (Å²) in [6, 6.07) is 12.9. The minimum absolute atomic E-state index is 0.110. The van der Waals surface area contributed by atoms with Gasteiger partial charge in [-0.2, -0.15) is 0 Å². The van der Waals surface area contributed by atoms with Gasteiger partial charge < -0.3 is 14.4 Å². The molecular formula is C20H28BrNO3SSi. The number of nitrogens with zero attached hydrogens (tertiary/aromatic N) is 1. The average Bonchev–Trinajstić information content (AvgIpc) is 3.13. The number of hydrogen-bond donors (Lipinski definition) is 0. The van der Waals surface area contributed by atoms with E-state index in [-0.39, 0.29) is 12.2 Å². The Morgan fingerprint density at radius 2 is 1.96 bits per heavy atom. The van der Waals surface area contributed by atoms with E-state index in [0.29, 0.717) is 19.6 Å². The second kappa shape index (κ2) is 10.3. The average molecular weight is 471 g/mol. The standard InChI is InChI=1S/C20H28BrNO3SSi/c1-22(20(23)24-13-15-27(2,3)4)12-11-18(19-10-7-14-26-19)25-17-9-6-5-8-16(17)21/h5-10,14,18H,11-13,15H2,1-4H3/t18-/m1/s1. The topological polar surface area (TPSA) is 38.8 Å². The van der Waals surface area contributed by atoms with Crippen LogP contribution in [0.25, 0.3) is 0 Å². The van der Waals surface area contributed by atoms with E-state index in [2.05, 4.69) is 41.6 Å². The predicted molar refractivity (Wildman–Crippen MR) is 119 cm³/mol. The summed E-state index contributed by atoms with van der Waals surface area (Å²) in [5.74, 6) is 0.802. The molecule has 1 atom stereocenters. The second-order valence-corrected chi connectivity index (χ2v) is 15.1. The smallest absolute Gasteiger partial charge is 0.409 e. The van der Waals surface area contributed by atoms with Crippen molar-refractivity contribution < 1.29 is 14.3 Å². The molecule has 0 aliphatic carbocycles. The van der Waals surface area contributed by atoms with Gasteiger partial charge in [-0.1, -0.05) is 37.8 Å². The van der Waals surface area contributed by atoms with E-state index >= 15 is 0 Å². The van der Waals surface area contributed by atoms with Gasteiger partial charge in [-0.3, -0.25) is 0 Å². The van der Waals surface area contributed by atoms with Gasteiger partial charge in [0.1, 0.15) is 11.9 Å². The molecule has 0 aliphatic heterocycles. The zero-order chi connectivity index (χ0) is 19.9. The SMILES string of the molecule is CN(CC[C@@H](Oc1ccccc1Br)c1cccs1)C(=O)OCC[Si](C)(C)C. The molecule has 7 heteroatoms. The van der Waals surface area contributed by atoms with E-state index in [0.717, 1.165) is 21.1 Å². The number of thiophene rings is 1. The van der Waals surface area contributed by atoms with Gasteiger partial charge in [-0.15, -0.1) is 11.3 Å². The summed E-state index contributed by atoms with van der Waals surface area (Å²) in [6.45, 7) is 7.89. The van der Waals surface area contributed by atoms with Gasteiger partial charge in [0, 0.05) is 33.0 Å². The third kappa shape index (κ3) is 7.68. The van der Waals surface area contributed by atoms with E-state index in [1.807, 2.05) is 35.7 Å². The molecule has 0 fully saturated rings. The largest absolute Gasteiger partial charge is 0.484 e. The molecule has 0 aliphatic rings. The van der Waals surface area contributed by atoms with E-state index in [1.54, 1.807) is 23.3 Å². The summed E-state index contributed by atoms with van der Waals surface area (Å²) in [7, 11) is 0.579. The number of ether oxygens (including phenoxy) is 2. The molecule has 0 saturated carbocycles. The van der Waals surface area contributed by atoms with Crippen LogP contribution < -0.4 is 4.74 Å². The Balaban J connectivity index is 1.92. The molecule has 0 unspecified atom stereocenters. The molecule has 148 valence electrons. The molecule has 1 aromatic carbocycles. The number of carbonyl (C=O) groups is 1. The molecule has 1 aromatic heterocycles. The fourth-order valence-corrected chi connectivity index (χ4v) is 4.27. The van der Waals surface area contributed by atoms with Crippen LogP contribution in [0.1, 0.15) is 17.4 Å². The first-order chi connectivity index (χ1) is 12.8. The number of hydrogen-bond acceptors (Lipinski definition) is 4. The van der Waals surface area contributed by atoms with Crippen molar-refractivity contribution in [2.24, 2.45) is 0 Å². The molecular weight excluding hydrogens is 442 g/mol. The van der Waals surface area contributed by atoms with Crippen LogP contribution in [0.15, 0.2) is 46.3 Å². The van der Waals surface area contributed by atoms with Crippen molar-refractivity contribution in [3.05, 3.63) is 51.1 Å². The normalized spacial score (nSPS) is 12.5. The summed E-state index contributed by atoms with van der Waals surface area (Å²) in [5, 5.41) is 2.04. The Bertz CT molecular complexity index is 718. The molecule has 1 amide bonds. The van der Waals surface area contributed by atoms with E-state index in [1.165, 1.54) is 0 Å². The Labute approximate surface area is 175 Å². The Morgan fingerprint density at radius 1 is 1.22 bits per heavy atom. The summed E-state index contributed by atoms with van der Waals surface area (Å²) in [5.41, 5.74) is 0. The number of carbonyl (C=O) groups excluding carboxylic acids is 1. The van der Waals surface area contributed by atoms with E-state index in [4.69, 9.17) is 9.47 Å². The molecule has 4 nitrogen and oxygen atoms in total. The zero-order valence-corrected chi connectivity index (χ0v) is 19.8. The van der Waals surface area contributed by atoms with Crippen molar-refractivity contribution in [1.82, 2.24) is 4.90 Å². The molecule has 2 rings (SSSR count). The number of halogens is 1. The first-order valence-electron chi connectivity index (χ1n) is 9.09. The lowest BCUT2D eigenvalue weighted by Gasteiger charge is -2.23. The maximum absolute atomic E-state index is 12.2. The third-order valence-electron chi connectivity index (χ3n) is 4.08. The number of benzene rings is 1. The number of rotatable bonds is 9. The summed E-state index contributed by atoms with van der Waals surface area (Å²) in [4.78, 5) is 15.0. The number of para-hydroxylation sites is 1. The molecule has 0 spiro atoms. The molecule has 0 saturated heterocycles. The van der Waals surface area contributed by atoms with Crippen molar-refractivity contribution >= 4 is 41.4 Å². The van der Waals surface area contributed by atoms with Crippen LogP contribution in [0, 0.1) is 0 Å². The van der Waals surface area contributed by atoms with E-state index < -0.39 is 8.07 Å². The maximum atomic E-state index is 12.2. The Kier molecular flexibility index (Phi) is 8.38. The highest BCUT2D eigenvalue weighted by Crippen LogP contribution is 2.32. The summed E-state index contributed by atoms with van der Waals surface area (Å²) < 4.78 is 12.6. The van der Waals surface area contributed by atoms with Gasteiger partial charge in [-0.05, 0) is 45.6 Å². The van der Waals surface area contributed by atoms with Crippen molar-refractivity contribution in [2.45, 2.75) is 38.2 Å². The molecule has 27 heavy (non-hydrogen) atoms. The highest BCUT2D eigenvalue weighted by molar-refractivity contribution is 9.10. The van der Waals surface area contributed by atoms with E-state index in [9.17, 15) is 4.79 Å². The molecule has 2 aromatic rings. The van der Waals surface area contributed by atoms with Crippen LogP contribution in [-0.2, 0) is 4.74 Å². The first-order valence-corrected chi connectivity index (χ1v) is 14.5. The zero-order valence-electron chi connectivity index (χ0n) is 16.4. The highest BCUT2D eigenvalue weighted by atomic mass is 79.9. The van der Waals surface area contributed by atoms with Gasteiger partial charge in [0.25, 0.3) is 0 Å². The predicted octanol–water partition coefficient (Wildman–Crippen LogP) is 6.43. The van der Waals surface area contributed by atoms with Gasteiger partial charge in [0.2, 0.25) is 0 Å². The molecule has 1 heterocycles. The number of amides is 1. The van der Waals surface area contributed by atoms with Crippen molar-refractivity contribution in [1.29, 1.82) is 0 Å². The first kappa shape index (κ1) is 22.0. The lowest BCUT2D eigenvalue weighted by molar-refractivity contribution is 0.108. The van der Waals surface area contributed by atoms with Crippen molar-refractivity contribution in [2.75, 3.05) is 20.2 Å². The summed E-state index contributed by atoms with van der Waals surface area (Å²) >= 11 is 5.20. The molecule has 0 radical (unpaired) electrons. The van der Waals surface area contributed by atoms with Crippen LogP contribution in [0.3, 0.4) is 0 Å². The van der Waals surface area contributed by atoms with Crippen LogP contribution in [0.2, 0.25) is 25.7 Å². The Hall–Kier alpha value is -1.31. The van der Waals surface area contributed by atoms with Gasteiger partial charge in [-0.25, -0.2) is 4.79 Å². The molecule has 0 N–H and O–H groups in total. The van der Waals surface area contributed by atoms with Crippen LogP contribution in [0.4, 0.5) is 4.79 Å². The van der Waals surface area contributed by atoms with Crippen LogP contribution in [0.5, 0.6) is 5.75 Å². The highest BCUT2D eigenvalue weighted by Gasteiger charge is 2.20. The Morgan fingerprint density at radius 3 is 2.59 bits per heavy atom.